The highest BCUT2D eigenvalue weighted by atomic mass is 35.5. The standard InChI is InChI=1S/C30H29ClFN5O3/c1-5-26(38)35-13-14-36(19(4)17-35)27-23-16-24(31)29(40-21-10-8-9-20(32)15-21)33-28(23)37(30(39)34-27)25-12-7-6-11-22(25)18(2)3/h5-12,15-16,18-19H,1,13-14,17H2,2-4H3/t19-/m0/s1. The van der Waals surface area contributed by atoms with Crippen LogP contribution in [-0.2, 0) is 4.79 Å². The number of hydrogen-bond acceptors (Lipinski definition) is 6. The summed E-state index contributed by atoms with van der Waals surface area (Å²) in [4.78, 5) is 38.9. The lowest BCUT2D eigenvalue weighted by atomic mass is 10.0. The molecular weight excluding hydrogens is 533 g/mol. The lowest BCUT2D eigenvalue weighted by Crippen LogP contribution is -2.54. The molecule has 2 aromatic heterocycles. The average molecular weight is 562 g/mol. The van der Waals surface area contributed by atoms with Crippen molar-refractivity contribution in [2.24, 2.45) is 0 Å². The minimum absolute atomic E-state index is 0.0292. The van der Waals surface area contributed by atoms with Crippen LogP contribution in [0.4, 0.5) is 10.2 Å². The summed E-state index contributed by atoms with van der Waals surface area (Å²) < 4.78 is 21.2. The summed E-state index contributed by atoms with van der Waals surface area (Å²) in [6, 6.07) is 14.8. The normalized spacial score (nSPS) is 15.5. The average Bonchev–Trinajstić information content (AvgIpc) is 2.93. The van der Waals surface area contributed by atoms with Gasteiger partial charge in [-0.1, -0.05) is 56.3 Å². The second kappa shape index (κ2) is 11.1. The van der Waals surface area contributed by atoms with Gasteiger partial charge in [0.25, 0.3) is 0 Å². The molecular formula is C30H29ClFN5O3. The van der Waals surface area contributed by atoms with Gasteiger partial charge in [-0.2, -0.15) is 9.97 Å². The van der Waals surface area contributed by atoms with Crippen molar-refractivity contribution >= 4 is 34.4 Å². The Kier molecular flexibility index (Phi) is 7.58. The van der Waals surface area contributed by atoms with E-state index in [2.05, 4.69) is 11.6 Å². The van der Waals surface area contributed by atoms with Gasteiger partial charge in [0.1, 0.15) is 22.4 Å². The zero-order valence-corrected chi connectivity index (χ0v) is 23.2. The molecule has 2 aromatic carbocycles. The van der Waals surface area contributed by atoms with Gasteiger partial charge in [-0.05, 0) is 48.7 Å². The number of fused-ring (bicyclic) bond motifs is 1. The minimum atomic E-state index is -0.515. The quantitative estimate of drug-likeness (QED) is 0.280. The van der Waals surface area contributed by atoms with Gasteiger partial charge in [0, 0.05) is 31.7 Å². The fourth-order valence-corrected chi connectivity index (χ4v) is 5.21. The molecule has 3 heterocycles. The van der Waals surface area contributed by atoms with Crippen molar-refractivity contribution in [2.45, 2.75) is 32.7 Å². The third-order valence-corrected chi connectivity index (χ3v) is 7.24. The van der Waals surface area contributed by atoms with Gasteiger partial charge in [0.2, 0.25) is 11.8 Å². The van der Waals surface area contributed by atoms with Crippen molar-refractivity contribution in [3.63, 3.8) is 0 Å². The first kappa shape index (κ1) is 27.3. The highest BCUT2D eigenvalue weighted by molar-refractivity contribution is 6.32. The highest BCUT2D eigenvalue weighted by Crippen LogP contribution is 2.36. The molecule has 206 valence electrons. The topological polar surface area (TPSA) is 80.6 Å². The van der Waals surface area contributed by atoms with Crippen molar-refractivity contribution in [1.29, 1.82) is 0 Å². The summed E-state index contributed by atoms with van der Waals surface area (Å²) in [5.74, 6) is 0.171. The smallest absolute Gasteiger partial charge is 0.355 e. The maximum absolute atomic E-state index is 13.9. The first-order chi connectivity index (χ1) is 19.2. The van der Waals surface area contributed by atoms with E-state index in [0.29, 0.717) is 42.2 Å². The summed E-state index contributed by atoms with van der Waals surface area (Å²) in [5, 5.41) is 0.723. The molecule has 1 atom stereocenters. The molecule has 40 heavy (non-hydrogen) atoms. The van der Waals surface area contributed by atoms with Gasteiger partial charge in [0.15, 0.2) is 5.65 Å². The molecule has 8 nitrogen and oxygen atoms in total. The fourth-order valence-electron chi connectivity index (χ4n) is 5.02. The SMILES string of the molecule is C=CC(=O)N1CCN(c2nc(=O)n(-c3ccccc3C(C)C)c3nc(Oc4cccc(F)c4)c(Cl)cc23)[C@@H](C)C1. The molecule has 0 radical (unpaired) electrons. The van der Waals surface area contributed by atoms with Crippen molar-refractivity contribution in [3.8, 4) is 17.3 Å². The number of anilines is 1. The number of aromatic nitrogens is 3. The first-order valence-electron chi connectivity index (χ1n) is 13.0. The molecule has 1 aliphatic rings. The molecule has 0 saturated carbocycles. The van der Waals surface area contributed by atoms with E-state index in [1.165, 1.54) is 28.8 Å². The number of halogens is 2. The molecule has 0 spiro atoms. The number of carbonyl (C=O) groups is 1. The number of hydrogen-bond donors (Lipinski definition) is 0. The zero-order chi connectivity index (χ0) is 28.6. The van der Waals surface area contributed by atoms with E-state index in [4.69, 9.17) is 21.3 Å². The van der Waals surface area contributed by atoms with E-state index in [9.17, 15) is 14.0 Å². The Morgan fingerprint density at radius 3 is 2.62 bits per heavy atom. The van der Waals surface area contributed by atoms with Crippen LogP contribution in [0.2, 0.25) is 5.02 Å². The van der Waals surface area contributed by atoms with Gasteiger partial charge in [0.05, 0.1) is 11.1 Å². The third-order valence-electron chi connectivity index (χ3n) is 6.97. The van der Waals surface area contributed by atoms with Gasteiger partial charge < -0.3 is 14.5 Å². The number of piperazine rings is 1. The largest absolute Gasteiger partial charge is 0.437 e. The molecule has 1 aliphatic heterocycles. The second-order valence-corrected chi connectivity index (χ2v) is 10.4. The summed E-state index contributed by atoms with van der Waals surface area (Å²) in [7, 11) is 0. The summed E-state index contributed by atoms with van der Waals surface area (Å²) in [6.07, 6.45) is 1.30. The first-order valence-corrected chi connectivity index (χ1v) is 13.4. The number of amides is 1. The van der Waals surface area contributed by atoms with E-state index in [1.54, 1.807) is 17.0 Å². The van der Waals surface area contributed by atoms with Crippen LogP contribution in [0.3, 0.4) is 0 Å². The van der Waals surface area contributed by atoms with E-state index < -0.39 is 11.5 Å². The van der Waals surface area contributed by atoms with Crippen LogP contribution in [0, 0.1) is 5.82 Å². The second-order valence-electron chi connectivity index (χ2n) is 10.0. The molecule has 5 rings (SSSR count). The number of benzene rings is 2. The molecule has 0 unspecified atom stereocenters. The lowest BCUT2D eigenvalue weighted by molar-refractivity contribution is -0.126. The van der Waals surface area contributed by atoms with E-state index >= 15 is 0 Å². The van der Waals surface area contributed by atoms with Crippen LogP contribution < -0.4 is 15.3 Å². The molecule has 4 aromatic rings. The summed E-state index contributed by atoms with van der Waals surface area (Å²) >= 11 is 6.66. The number of nitrogens with zero attached hydrogens (tertiary/aromatic N) is 5. The number of carbonyl (C=O) groups excluding carboxylic acids is 1. The van der Waals surface area contributed by atoms with Crippen LogP contribution in [-0.4, -0.2) is 51.0 Å². The van der Waals surface area contributed by atoms with E-state index in [-0.39, 0.29) is 34.5 Å². The number of para-hydroxylation sites is 1. The molecule has 1 fully saturated rings. The van der Waals surface area contributed by atoms with Crippen LogP contribution in [0.15, 0.2) is 72.0 Å². The highest BCUT2D eigenvalue weighted by Gasteiger charge is 2.30. The van der Waals surface area contributed by atoms with Crippen LogP contribution in [0.5, 0.6) is 11.6 Å². The van der Waals surface area contributed by atoms with Crippen molar-refractivity contribution in [1.82, 2.24) is 19.4 Å². The molecule has 0 aliphatic carbocycles. The predicted octanol–water partition coefficient (Wildman–Crippen LogP) is 5.71. The Morgan fingerprint density at radius 2 is 1.93 bits per heavy atom. The Bertz CT molecular complexity index is 1670. The maximum atomic E-state index is 13.9. The lowest BCUT2D eigenvalue weighted by Gasteiger charge is -2.40. The molecule has 1 saturated heterocycles. The molecule has 0 bridgehead atoms. The monoisotopic (exact) mass is 561 g/mol. The Labute approximate surface area is 236 Å². The van der Waals surface area contributed by atoms with Crippen LogP contribution >= 0.6 is 11.6 Å². The number of rotatable bonds is 6. The van der Waals surface area contributed by atoms with Gasteiger partial charge in [-0.25, -0.2) is 13.8 Å². The van der Waals surface area contributed by atoms with E-state index in [0.717, 1.165) is 5.56 Å². The fraction of sp³-hybridized carbons (Fsp3) is 0.267. The predicted molar refractivity (Wildman–Crippen MR) is 154 cm³/mol. The zero-order valence-electron chi connectivity index (χ0n) is 22.5. The molecule has 1 amide bonds. The molecule has 10 heteroatoms. The Hall–Kier alpha value is -4.24. The Balaban J connectivity index is 1.72. The number of ether oxygens (including phenoxy) is 1. The Morgan fingerprint density at radius 1 is 1.15 bits per heavy atom. The van der Waals surface area contributed by atoms with Crippen molar-refractivity contribution in [2.75, 3.05) is 24.5 Å². The minimum Gasteiger partial charge on any atom is -0.437 e. The van der Waals surface area contributed by atoms with Gasteiger partial charge in [-0.3, -0.25) is 4.79 Å². The summed E-state index contributed by atoms with van der Waals surface area (Å²) in [5.41, 5.74) is 1.37. The van der Waals surface area contributed by atoms with Gasteiger partial charge in [-0.15, -0.1) is 0 Å². The van der Waals surface area contributed by atoms with Crippen LogP contribution in [0.25, 0.3) is 16.7 Å². The summed E-state index contributed by atoms with van der Waals surface area (Å²) in [6.45, 7) is 11.0. The third kappa shape index (κ3) is 5.16. The van der Waals surface area contributed by atoms with Crippen molar-refractivity contribution < 1.29 is 13.9 Å². The number of pyridine rings is 1. The van der Waals surface area contributed by atoms with E-state index in [1.807, 2.05) is 49.9 Å². The molecule has 0 N–H and O–H groups in total. The van der Waals surface area contributed by atoms with Crippen molar-refractivity contribution in [3.05, 3.63) is 94.1 Å². The maximum Gasteiger partial charge on any atom is 0.355 e. The van der Waals surface area contributed by atoms with Gasteiger partial charge >= 0.3 is 5.69 Å². The van der Waals surface area contributed by atoms with Crippen LogP contribution in [0.1, 0.15) is 32.3 Å².